The number of phenolic OH excluding ortho intramolecular Hbond substituents is 1. The molecule has 2 N–H and O–H groups in total. The SMILES string of the molecule is COc1ccc(/C=C(\C)C(=O)O)cc1O. The number of carboxylic acids is 1. The van der Waals surface area contributed by atoms with E-state index in [1.165, 1.54) is 26.2 Å². The molecule has 0 saturated heterocycles. The molecule has 0 aromatic heterocycles. The van der Waals surface area contributed by atoms with E-state index in [0.29, 0.717) is 11.3 Å². The third-order valence-corrected chi connectivity index (χ3v) is 1.92. The van der Waals surface area contributed by atoms with Gasteiger partial charge in [-0.05, 0) is 30.7 Å². The van der Waals surface area contributed by atoms with Crippen molar-refractivity contribution in [1.29, 1.82) is 0 Å². The molecule has 0 atom stereocenters. The molecule has 0 saturated carbocycles. The van der Waals surface area contributed by atoms with Gasteiger partial charge in [0.25, 0.3) is 0 Å². The summed E-state index contributed by atoms with van der Waals surface area (Å²) < 4.78 is 4.87. The second-order valence-corrected chi connectivity index (χ2v) is 3.06. The minimum atomic E-state index is -0.981. The molecule has 80 valence electrons. The molecule has 0 bridgehead atoms. The Labute approximate surface area is 87.4 Å². The Morgan fingerprint density at radius 1 is 1.47 bits per heavy atom. The van der Waals surface area contributed by atoms with Gasteiger partial charge in [0.1, 0.15) is 0 Å². The van der Waals surface area contributed by atoms with Gasteiger partial charge >= 0.3 is 5.97 Å². The van der Waals surface area contributed by atoms with Crippen molar-refractivity contribution in [2.45, 2.75) is 6.92 Å². The summed E-state index contributed by atoms with van der Waals surface area (Å²) in [6, 6.07) is 4.70. The minimum Gasteiger partial charge on any atom is -0.504 e. The molecule has 0 aliphatic carbocycles. The zero-order valence-electron chi connectivity index (χ0n) is 8.52. The summed E-state index contributed by atoms with van der Waals surface area (Å²) in [6.45, 7) is 1.49. The molecule has 0 unspecified atom stereocenters. The summed E-state index contributed by atoms with van der Waals surface area (Å²) in [6.07, 6.45) is 1.47. The third-order valence-electron chi connectivity index (χ3n) is 1.92. The molecule has 0 amide bonds. The van der Waals surface area contributed by atoms with Gasteiger partial charge in [-0.1, -0.05) is 6.07 Å². The number of aliphatic carboxylic acids is 1. The molecular formula is C11H12O4. The molecular weight excluding hydrogens is 196 g/mol. The number of methoxy groups -OCH3 is 1. The van der Waals surface area contributed by atoms with Crippen molar-refractivity contribution in [3.05, 3.63) is 29.3 Å². The Balaban J connectivity index is 3.03. The highest BCUT2D eigenvalue weighted by Gasteiger charge is 2.03. The standard InChI is InChI=1S/C11H12O4/c1-7(11(13)14)5-8-3-4-10(15-2)9(12)6-8/h3-6,12H,1-2H3,(H,13,14)/b7-5+. The van der Waals surface area contributed by atoms with Gasteiger partial charge < -0.3 is 14.9 Å². The van der Waals surface area contributed by atoms with Crippen molar-refractivity contribution in [2.75, 3.05) is 7.11 Å². The fraction of sp³-hybridized carbons (Fsp3) is 0.182. The van der Waals surface area contributed by atoms with E-state index in [9.17, 15) is 9.90 Å². The predicted molar refractivity (Wildman–Crippen MR) is 55.9 cm³/mol. The number of carboxylic acid groups (broad SMARTS) is 1. The topological polar surface area (TPSA) is 66.8 Å². The number of hydrogen-bond acceptors (Lipinski definition) is 3. The quantitative estimate of drug-likeness (QED) is 0.744. The second kappa shape index (κ2) is 4.50. The van der Waals surface area contributed by atoms with Gasteiger partial charge in [0.05, 0.1) is 7.11 Å². The smallest absolute Gasteiger partial charge is 0.331 e. The van der Waals surface area contributed by atoms with Crippen molar-refractivity contribution in [2.24, 2.45) is 0 Å². The maximum absolute atomic E-state index is 10.6. The normalized spacial score (nSPS) is 11.2. The van der Waals surface area contributed by atoms with Gasteiger partial charge in [-0.15, -0.1) is 0 Å². The Bertz CT molecular complexity index is 407. The van der Waals surface area contributed by atoms with Crippen LogP contribution in [-0.4, -0.2) is 23.3 Å². The lowest BCUT2D eigenvalue weighted by atomic mass is 10.1. The fourth-order valence-corrected chi connectivity index (χ4v) is 1.11. The maximum atomic E-state index is 10.6. The summed E-state index contributed by atoms with van der Waals surface area (Å²) >= 11 is 0. The highest BCUT2D eigenvalue weighted by molar-refractivity contribution is 5.91. The molecule has 0 radical (unpaired) electrons. The number of rotatable bonds is 3. The molecule has 4 nitrogen and oxygen atoms in total. The van der Waals surface area contributed by atoms with E-state index in [0.717, 1.165) is 0 Å². The van der Waals surface area contributed by atoms with Crippen molar-refractivity contribution in [3.63, 3.8) is 0 Å². The zero-order chi connectivity index (χ0) is 11.4. The first-order valence-corrected chi connectivity index (χ1v) is 4.33. The highest BCUT2D eigenvalue weighted by Crippen LogP contribution is 2.27. The molecule has 0 aliphatic rings. The lowest BCUT2D eigenvalue weighted by Gasteiger charge is -2.03. The summed E-state index contributed by atoms with van der Waals surface area (Å²) in [5, 5.41) is 18.1. The van der Waals surface area contributed by atoms with Crippen molar-refractivity contribution < 1.29 is 19.7 Å². The Hall–Kier alpha value is -1.97. The molecule has 1 rings (SSSR count). The van der Waals surface area contributed by atoms with E-state index >= 15 is 0 Å². The maximum Gasteiger partial charge on any atom is 0.331 e. The van der Waals surface area contributed by atoms with Crippen LogP contribution in [0.3, 0.4) is 0 Å². The molecule has 1 aromatic rings. The summed E-state index contributed by atoms with van der Waals surface area (Å²) in [5.41, 5.74) is 0.827. The average molecular weight is 208 g/mol. The van der Waals surface area contributed by atoms with Crippen LogP contribution in [0.1, 0.15) is 12.5 Å². The first-order valence-electron chi connectivity index (χ1n) is 4.33. The van der Waals surface area contributed by atoms with Crippen LogP contribution < -0.4 is 4.74 Å². The number of ether oxygens (including phenoxy) is 1. The van der Waals surface area contributed by atoms with E-state index in [1.54, 1.807) is 12.1 Å². The van der Waals surface area contributed by atoms with Crippen molar-refractivity contribution >= 4 is 12.0 Å². The predicted octanol–water partition coefficient (Wildman–Crippen LogP) is 1.89. The van der Waals surface area contributed by atoms with Crippen LogP contribution in [-0.2, 0) is 4.79 Å². The number of carbonyl (C=O) groups is 1. The van der Waals surface area contributed by atoms with Gasteiger partial charge in [-0.2, -0.15) is 0 Å². The summed E-state index contributed by atoms with van der Waals surface area (Å²) in [7, 11) is 1.45. The number of hydrogen-bond donors (Lipinski definition) is 2. The molecule has 4 heteroatoms. The first-order chi connectivity index (χ1) is 7.04. The van der Waals surface area contributed by atoms with E-state index in [-0.39, 0.29) is 11.3 Å². The van der Waals surface area contributed by atoms with Gasteiger partial charge in [-0.25, -0.2) is 4.79 Å². The largest absolute Gasteiger partial charge is 0.504 e. The van der Waals surface area contributed by atoms with Gasteiger partial charge in [0, 0.05) is 5.57 Å². The van der Waals surface area contributed by atoms with E-state index < -0.39 is 5.97 Å². The third kappa shape index (κ3) is 2.74. The average Bonchev–Trinajstić information content (AvgIpc) is 2.18. The van der Waals surface area contributed by atoms with Crippen LogP contribution in [0.5, 0.6) is 11.5 Å². The molecule has 0 spiro atoms. The number of aromatic hydroxyl groups is 1. The van der Waals surface area contributed by atoms with Crippen molar-refractivity contribution in [1.82, 2.24) is 0 Å². The van der Waals surface area contributed by atoms with Crippen LogP contribution in [0.15, 0.2) is 23.8 Å². The number of benzene rings is 1. The van der Waals surface area contributed by atoms with Crippen LogP contribution in [0.4, 0.5) is 0 Å². The molecule has 0 fully saturated rings. The van der Waals surface area contributed by atoms with Gasteiger partial charge in [-0.3, -0.25) is 0 Å². The van der Waals surface area contributed by atoms with Gasteiger partial charge in [0.15, 0.2) is 11.5 Å². The van der Waals surface area contributed by atoms with E-state index in [1.807, 2.05) is 0 Å². The minimum absolute atomic E-state index is 0.00978. The number of phenols is 1. The molecule has 0 aliphatic heterocycles. The van der Waals surface area contributed by atoms with Crippen molar-refractivity contribution in [3.8, 4) is 11.5 Å². The van der Waals surface area contributed by atoms with Crippen LogP contribution in [0, 0.1) is 0 Å². The lowest BCUT2D eigenvalue weighted by molar-refractivity contribution is -0.132. The first kappa shape index (κ1) is 11.1. The zero-order valence-corrected chi connectivity index (χ0v) is 8.52. The fourth-order valence-electron chi connectivity index (χ4n) is 1.11. The second-order valence-electron chi connectivity index (χ2n) is 3.06. The van der Waals surface area contributed by atoms with Crippen LogP contribution in [0.2, 0.25) is 0 Å². The van der Waals surface area contributed by atoms with Crippen LogP contribution >= 0.6 is 0 Å². The highest BCUT2D eigenvalue weighted by atomic mass is 16.5. The Morgan fingerprint density at radius 3 is 2.60 bits per heavy atom. The van der Waals surface area contributed by atoms with E-state index in [4.69, 9.17) is 9.84 Å². The lowest BCUT2D eigenvalue weighted by Crippen LogP contribution is -1.95. The summed E-state index contributed by atoms with van der Waals surface area (Å²) in [5.74, 6) is -0.630. The van der Waals surface area contributed by atoms with E-state index in [2.05, 4.69) is 0 Å². The monoisotopic (exact) mass is 208 g/mol. The van der Waals surface area contributed by atoms with Gasteiger partial charge in [0.2, 0.25) is 0 Å². The Morgan fingerprint density at radius 2 is 2.13 bits per heavy atom. The van der Waals surface area contributed by atoms with Crippen LogP contribution in [0.25, 0.3) is 6.08 Å². The molecule has 1 aromatic carbocycles. The Kier molecular flexibility index (Phi) is 3.33. The molecule has 15 heavy (non-hydrogen) atoms. The molecule has 0 heterocycles. The summed E-state index contributed by atoms with van der Waals surface area (Å²) in [4.78, 5) is 10.6.